The van der Waals surface area contributed by atoms with Crippen LogP contribution >= 0.6 is 0 Å². The quantitative estimate of drug-likeness (QED) is 0.912. The monoisotopic (exact) mass is 315 g/mol. The van der Waals surface area contributed by atoms with Gasteiger partial charge in [0.2, 0.25) is 0 Å². The highest BCUT2D eigenvalue weighted by molar-refractivity contribution is 5.74. The molecule has 23 heavy (non-hydrogen) atoms. The number of morpholine rings is 1. The SMILES string of the molecule is Cn1ncnc1CNC(=O)N1CCO[C@@H](Cc2ccccc2)C1. The molecule has 1 aliphatic rings. The van der Waals surface area contributed by atoms with Crippen LogP contribution in [0.5, 0.6) is 0 Å². The third kappa shape index (κ3) is 4.07. The van der Waals surface area contributed by atoms with Crippen LogP contribution in [0.2, 0.25) is 0 Å². The van der Waals surface area contributed by atoms with Gasteiger partial charge in [0.15, 0.2) is 0 Å². The molecule has 1 aromatic carbocycles. The molecule has 122 valence electrons. The van der Waals surface area contributed by atoms with Crippen molar-refractivity contribution in [2.75, 3.05) is 19.7 Å². The summed E-state index contributed by atoms with van der Waals surface area (Å²) >= 11 is 0. The van der Waals surface area contributed by atoms with Crippen molar-refractivity contribution in [2.24, 2.45) is 7.05 Å². The second-order valence-electron chi connectivity index (χ2n) is 5.59. The predicted molar refractivity (Wildman–Crippen MR) is 84.7 cm³/mol. The van der Waals surface area contributed by atoms with Crippen molar-refractivity contribution < 1.29 is 9.53 Å². The Morgan fingerprint density at radius 2 is 2.22 bits per heavy atom. The van der Waals surface area contributed by atoms with Gasteiger partial charge in [-0.15, -0.1) is 0 Å². The molecule has 2 aromatic rings. The van der Waals surface area contributed by atoms with Gasteiger partial charge in [0.1, 0.15) is 12.2 Å². The minimum Gasteiger partial charge on any atom is -0.374 e. The molecule has 1 N–H and O–H groups in total. The summed E-state index contributed by atoms with van der Waals surface area (Å²) < 4.78 is 7.43. The van der Waals surface area contributed by atoms with E-state index in [1.165, 1.54) is 11.9 Å². The zero-order valence-electron chi connectivity index (χ0n) is 13.2. The maximum Gasteiger partial charge on any atom is 0.317 e. The van der Waals surface area contributed by atoms with Gasteiger partial charge in [-0.05, 0) is 5.56 Å². The average Bonchev–Trinajstić information content (AvgIpc) is 2.99. The van der Waals surface area contributed by atoms with Crippen LogP contribution in [-0.2, 0) is 24.8 Å². The Labute approximate surface area is 135 Å². The molecule has 1 aromatic heterocycles. The Bertz CT molecular complexity index is 643. The topological polar surface area (TPSA) is 72.3 Å². The lowest BCUT2D eigenvalue weighted by molar-refractivity contribution is -0.0133. The highest BCUT2D eigenvalue weighted by atomic mass is 16.5. The van der Waals surface area contributed by atoms with E-state index in [4.69, 9.17) is 4.74 Å². The van der Waals surface area contributed by atoms with Gasteiger partial charge in [0.25, 0.3) is 0 Å². The molecule has 0 spiro atoms. The lowest BCUT2D eigenvalue weighted by Gasteiger charge is -2.33. The molecule has 2 heterocycles. The number of urea groups is 1. The summed E-state index contributed by atoms with van der Waals surface area (Å²) in [4.78, 5) is 18.2. The number of amides is 2. The van der Waals surface area contributed by atoms with E-state index < -0.39 is 0 Å². The minimum absolute atomic E-state index is 0.0340. The zero-order chi connectivity index (χ0) is 16.1. The highest BCUT2D eigenvalue weighted by Gasteiger charge is 2.24. The van der Waals surface area contributed by atoms with Gasteiger partial charge in [-0.25, -0.2) is 9.78 Å². The molecular weight excluding hydrogens is 294 g/mol. The minimum atomic E-state index is -0.0886. The van der Waals surface area contributed by atoms with Crippen molar-refractivity contribution in [1.82, 2.24) is 25.0 Å². The first-order chi connectivity index (χ1) is 11.2. The van der Waals surface area contributed by atoms with Crippen molar-refractivity contribution in [1.29, 1.82) is 0 Å². The maximum atomic E-state index is 12.3. The number of hydrogen-bond donors (Lipinski definition) is 1. The molecule has 3 rings (SSSR count). The highest BCUT2D eigenvalue weighted by Crippen LogP contribution is 2.12. The summed E-state index contributed by atoms with van der Waals surface area (Å²) in [6.45, 7) is 2.14. The van der Waals surface area contributed by atoms with E-state index in [9.17, 15) is 4.79 Å². The van der Waals surface area contributed by atoms with E-state index in [0.717, 1.165) is 12.2 Å². The number of ether oxygens (including phenoxy) is 1. The molecule has 7 heteroatoms. The van der Waals surface area contributed by atoms with Gasteiger partial charge in [-0.2, -0.15) is 5.10 Å². The summed E-state index contributed by atoms with van der Waals surface area (Å²) in [5, 5.41) is 6.87. The van der Waals surface area contributed by atoms with E-state index in [1.54, 1.807) is 16.6 Å². The van der Waals surface area contributed by atoms with Crippen LogP contribution in [-0.4, -0.2) is 51.5 Å². The molecule has 1 atom stereocenters. The van der Waals surface area contributed by atoms with Crippen LogP contribution in [0.25, 0.3) is 0 Å². The lowest BCUT2D eigenvalue weighted by Crippen LogP contribution is -2.50. The van der Waals surface area contributed by atoms with Gasteiger partial charge in [-0.1, -0.05) is 30.3 Å². The van der Waals surface area contributed by atoms with Crippen LogP contribution in [0.1, 0.15) is 11.4 Å². The molecule has 0 bridgehead atoms. The Balaban J connectivity index is 1.51. The Kier molecular flexibility index (Phi) is 4.87. The van der Waals surface area contributed by atoms with Crippen LogP contribution in [0, 0.1) is 0 Å². The lowest BCUT2D eigenvalue weighted by atomic mass is 10.1. The van der Waals surface area contributed by atoms with E-state index >= 15 is 0 Å². The van der Waals surface area contributed by atoms with Crippen LogP contribution in [0.3, 0.4) is 0 Å². The van der Waals surface area contributed by atoms with Gasteiger partial charge in [-0.3, -0.25) is 4.68 Å². The van der Waals surface area contributed by atoms with Crippen molar-refractivity contribution in [3.63, 3.8) is 0 Å². The molecule has 0 radical (unpaired) electrons. The van der Waals surface area contributed by atoms with Crippen molar-refractivity contribution >= 4 is 6.03 Å². The summed E-state index contributed by atoms with van der Waals surface area (Å²) in [6, 6.07) is 10.1. The summed E-state index contributed by atoms with van der Waals surface area (Å²) in [6.07, 6.45) is 2.33. The van der Waals surface area contributed by atoms with Gasteiger partial charge in [0, 0.05) is 26.6 Å². The molecule has 1 aliphatic heterocycles. The molecule has 0 aliphatic carbocycles. The second-order valence-corrected chi connectivity index (χ2v) is 5.59. The number of hydrogen-bond acceptors (Lipinski definition) is 4. The van der Waals surface area contributed by atoms with Gasteiger partial charge >= 0.3 is 6.03 Å². The van der Waals surface area contributed by atoms with E-state index in [1.807, 2.05) is 18.2 Å². The first-order valence-electron chi connectivity index (χ1n) is 7.73. The summed E-state index contributed by atoms with van der Waals surface area (Å²) in [5.41, 5.74) is 1.22. The largest absolute Gasteiger partial charge is 0.374 e. The molecule has 0 unspecified atom stereocenters. The number of nitrogens with one attached hydrogen (secondary N) is 1. The number of aromatic nitrogens is 3. The van der Waals surface area contributed by atoms with Crippen LogP contribution in [0.4, 0.5) is 4.79 Å². The Morgan fingerprint density at radius 3 is 2.96 bits per heavy atom. The summed E-state index contributed by atoms with van der Waals surface area (Å²) in [5.74, 6) is 0.729. The fraction of sp³-hybridized carbons (Fsp3) is 0.438. The van der Waals surface area contributed by atoms with Gasteiger partial charge in [0.05, 0.1) is 19.3 Å². The van der Waals surface area contributed by atoms with E-state index in [-0.39, 0.29) is 12.1 Å². The standard InChI is InChI=1S/C16H21N5O2/c1-20-15(18-12-19-20)10-17-16(22)21-7-8-23-14(11-21)9-13-5-3-2-4-6-13/h2-6,12,14H,7-11H2,1H3,(H,17,22)/t14-/m0/s1. The number of aryl methyl sites for hydroxylation is 1. The molecule has 2 amide bonds. The fourth-order valence-electron chi connectivity index (χ4n) is 2.65. The van der Waals surface area contributed by atoms with Crippen LogP contribution in [0.15, 0.2) is 36.7 Å². The fourth-order valence-corrected chi connectivity index (χ4v) is 2.65. The van der Waals surface area contributed by atoms with Crippen molar-refractivity contribution in [3.8, 4) is 0 Å². The third-order valence-corrected chi connectivity index (χ3v) is 3.94. The van der Waals surface area contributed by atoms with Crippen molar-refractivity contribution in [2.45, 2.75) is 19.1 Å². The average molecular weight is 315 g/mol. The van der Waals surface area contributed by atoms with Crippen molar-refractivity contribution in [3.05, 3.63) is 48.0 Å². The normalized spacial score (nSPS) is 18.0. The molecule has 1 saturated heterocycles. The number of nitrogens with zero attached hydrogens (tertiary/aromatic N) is 4. The molecule has 1 fully saturated rings. The third-order valence-electron chi connectivity index (χ3n) is 3.94. The first-order valence-corrected chi connectivity index (χ1v) is 7.73. The van der Waals surface area contributed by atoms with E-state index in [2.05, 4.69) is 27.5 Å². The molecule has 7 nitrogen and oxygen atoms in total. The number of rotatable bonds is 4. The number of carbonyl (C=O) groups excluding carboxylic acids is 1. The number of benzene rings is 1. The zero-order valence-corrected chi connectivity index (χ0v) is 13.2. The Hall–Kier alpha value is -2.41. The number of carbonyl (C=O) groups is 1. The van der Waals surface area contributed by atoms with E-state index in [0.29, 0.717) is 26.2 Å². The van der Waals surface area contributed by atoms with Crippen LogP contribution < -0.4 is 5.32 Å². The van der Waals surface area contributed by atoms with Gasteiger partial charge < -0.3 is 15.0 Å². The maximum absolute atomic E-state index is 12.3. The smallest absolute Gasteiger partial charge is 0.317 e. The molecule has 0 saturated carbocycles. The first kappa shape index (κ1) is 15.5. The molecular formula is C16H21N5O2. The predicted octanol–water partition coefficient (Wildman–Crippen LogP) is 0.968. The Morgan fingerprint density at radius 1 is 1.39 bits per heavy atom. The summed E-state index contributed by atoms with van der Waals surface area (Å²) in [7, 11) is 1.80. The second kappa shape index (κ2) is 7.23.